The highest BCUT2D eigenvalue weighted by Gasteiger charge is 2.12. The maximum atomic E-state index is 13.0. The lowest BCUT2D eigenvalue weighted by Crippen LogP contribution is -2.22. The van der Waals surface area contributed by atoms with Gasteiger partial charge in [0.2, 0.25) is 0 Å². The molecule has 7 heteroatoms. The van der Waals surface area contributed by atoms with E-state index < -0.39 is 4.92 Å². The van der Waals surface area contributed by atoms with E-state index in [2.05, 4.69) is 4.98 Å². The summed E-state index contributed by atoms with van der Waals surface area (Å²) in [7, 11) is 0. The highest BCUT2D eigenvalue weighted by Crippen LogP contribution is 2.19. The van der Waals surface area contributed by atoms with Crippen LogP contribution >= 0.6 is 0 Å². The number of fused-ring (bicyclic) bond motifs is 1. The van der Waals surface area contributed by atoms with Crippen molar-refractivity contribution >= 4 is 28.9 Å². The van der Waals surface area contributed by atoms with Crippen LogP contribution in [-0.4, -0.2) is 14.5 Å². The molecule has 2 heterocycles. The molecule has 0 radical (unpaired) electrons. The van der Waals surface area contributed by atoms with Crippen molar-refractivity contribution in [2.75, 3.05) is 0 Å². The van der Waals surface area contributed by atoms with Crippen LogP contribution in [0.15, 0.2) is 75.9 Å². The van der Waals surface area contributed by atoms with Crippen LogP contribution in [0.2, 0.25) is 0 Å². The number of nitro groups is 1. The third-order valence-electron chi connectivity index (χ3n) is 4.01. The van der Waals surface area contributed by atoms with E-state index in [0.717, 1.165) is 0 Å². The molecule has 0 atom stereocenters. The van der Waals surface area contributed by atoms with Gasteiger partial charge in [-0.1, -0.05) is 30.3 Å². The van der Waals surface area contributed by atoms with Gasteiger partial charge in [0, 0.05) is 0 Å². The van der Waals surface area contributed by atoms with Crippen molar-refractivity contribution in [1.29, 1.82) is 0 Å². The molecule has 132 valence electrons. The lowest BCUT2D eigenvalue weighted by Gasteiger charge is -2.11. The highest BCUT2D eigenvalue weighted by molar-refractivity contribution is 5.79. The summed E-state index contributed by atoms with van der Waals surface area (Å²) < 4.78 is 6.63. The number of aromatic nitrogens is 2. The van der Waals surface area contributed by atoms with E-state index in [4.69, 9.17) is 4.42 Å². The zero-order valence-electron chi connectivity index (χ0n) is 14.0. The van der Waals surface area contributed by atoms with Gasteiger partial charge in [-0.2, -0.15) is 0 Å². The van der Waals surface area contributed by atoms with E-state index in [1.807, 2.05) is 36.4 Å². The second-order valence-electron chi connectivity index (χ2n) is 5.73. The Morgan fingerprint density at radius 2 is 1.70 bits per heavy atom. The average molecular weight is 359 g/mol. The summed E-state index contributed by atoms with van der Waals surface area (Å²) in [5.74, 6) is 0.342. The summed E-state index contributed by atoms with van der Waals surface area (Å²) in [5.41, 5.74) is 1.04. The normalized spacial score (nSPS) is 11.3. The second kappa shape index (κ2) is 6.72. The standard InChI is InChI=1S/C20H13N3O4/c24-20-16-8-4-5-9-17(16)21-18(22(20)14-6-2-1-3-7-14)12-10-15-11-13-19(27-15)23(25)26/h1-13H/b12-10+. The zero-order chi connectivity index (χ0) is 18.8. The minimum Gasteiger partial charge on any atom is -0.401 e. The van der Waals surface area contributed by atoms with Gasteiger partial charge in [-0.25, -0.2) is 4.98 Å². The van der Waals surface area contributed by atoms with Crippen LogP contribution < -0.4 is 5.56 Å². The van der Waals surface area contributed by atoms with E-state index in [0.29, 0.717) is 28.2 Å². The van der Waals surface area contributed by atoms with Gasteiger partial charge in [0.25, 0.3) is 5.56 Å². The molecular weight excluding hydrogens is 346 g/mol. The fourth-order valence-electron chi connectivity index (χ4n) is 2.77. The van der Waals surface area contributed by atoms with Crippen molar-refractivity contribution in [2.24, 2.45) is 0 Å². The van der Waals surface area contributed by atoms with Gasteiger partial charge in [0.05, 0.1) is 22.7 Å². The van der Waals surface area contributed by atoms with Crippen LogP contribution in [0.4, 0.5) is 5.88 Å². The molecule has 27 heavy (non-hydrogen) atoms. The average Bonchev–Trinajstić information content (AvgIpc) is 3.17. The molecule has 2 aromatic carbocycles. The molecule has 4 aromatic rings. The van der Waals surface area contributed by atoms with Gasteiger partial charge < -0.3 is 4.42 Å². The third kappa shape index (κ3) is 3.13. The lowest BCUT2D eigenvalue weighted by atomic mass is 10.2. The first kappa shape index (κ1) is 16.5. The van der Waals surface area contributed by atoms with Gasteiger partial charge in [-0.3, -0.25) is 19.5 Å². The molecule has 0 aliphatic carbocycles. The Labute approximate surface area is 153 Å². The summed E-state index contributed by atoms with van der Waals surface area (Å²) in [6.07, 6.45) is 3.15. The van der Waals surface area contributed by atoms with Crippen LogP contribution in [0, 0.1) is 10.1 Å². The molecule has 2 aromatic heterocycles. The maximum absolute atomic E-state index is 13.0. The Morgan fingerprint density at radius 3 is 2.44 bits per heavy atom. The Bertz CT molecular complexity index is 1220. The number of hydrogen-bond acceptors (Lipinski definition) is 5. The van der Waals surface area contributed by atoms with Crippen molar-refractivity contribution < 1.29 is 9.34 Å². The Morgan fingerprint density at radius 1 is 0.963 bits per heavy atom. The second-order valence-corrected chi connectivity index (χ2v) is 5.73. The number of para-hydroxylation sites is 2. The van der Waals surface area contributed by atoms with Crippen LogP contribution in [0.5, 0.6) is 0 Å². The third-order valence-corrected chi connectivity index (χ3v) is 4.01. The Balaban J connectivity index is 1.89. The topological polar surface area (TPSA) is 91.2 Å². The van der Waals surface area contributed by atoms with E-state index in [-0.39, 0.29) is 11.4 Å². The minimum atomic E-state index is -0.606. The molecular formula is C20H13N3O4. The van der Waals surface area contributed by atoms with Gasteiger partial charge in [0.15, 0.2) is 0 Å². The predicted molar refractivity (Wildman–Crippen MR) is 102 cm³/mol. The number of benzene rings is 2. The number of nitrogens with zero attached hydrogens (tertiary/aromatic N) is 3. The van der Waals surface area contributed by atoms with Gasteiger partial charge in [0.1, 0.15) is 16.5 Å². The quantitative estimate of drug-likeness (QED) is 0.405. The van der Waals surface area contributed by atoms with Crippen LogP contribution in [0.3, 0.4) is 0 Å². The van der Waals surface area contributed by atoms with E-state index in [1.165, 1.54) is 16.7 Å². The van der Waals surface area contributed by atoms with Crippen LogP contribution in [-0.2, 0) is 0 Å². The minimum absolute atomic E-state index is 0.197. The lowest BCUT2D eigenvalue weighted by molar-refractivity contribution is -0.402. The molecule has 7 nitrogen and oxygen atoms in total. The first-order valence-electron chi connectivity index (χ1n) is 8.13. The number of rotatable bonds is 4. The summed E-state index contributed by atoms with van der Waals surface area (Å²) in [5, 5.41) is 11.3. The van der Waals surface area contributed by atoms with E-state index in [9.17, 15) is 14.9 Å². The van der Waals surface area contributed by atoms with E-state index in [1.54, 1.807) is 30.4 Å². The molecule has 0 amide bonds. The monoisotopic (exact) mass is 359 g/mol. The number of hydrogen-bond donors (Lipinski definition) is 0. The molecule has 0 aliphatic heterocycles. The molecule has 0 N–H and O–H groups in total. The van der Waals surface area contributed by atoms with Crippen LogP contribution in [0.25, 0.3) is 28.7 Å². The summed E-state index contributed by atoms with van der Waals surface area (Å²) >= 11 is 0. The molecule has 0 aliphatic rings. The molecule has 0 unspecified atom stereocenters. The summed E-state index contributed by atoms with van der Waals surface area (Å²) in [6, 6.07) is 19.0. The predicted octanol–water partition coefficient (Wildman–Crippen LogP) is 4.06. The fourth-order valence-corrected chi connectivity index (χ4v) is 2.77. The van der Waals surface area contributed by atoms with Gasteiger partial charge in [-0.15, -0.1) is 0 Å². The molecule has 0 bridgehead atoms. The molecule has 4 rings (SSSR count). The maximum Gasteiger partial charge on any atom is 0.433 e. The zero-order valence-corrected chi connectivity index (χ0v) is 14.0. The van der Waals surface area contributed by atoms with Crippen molar-refractivity contribution in [3.05, 3.63) is 98.8 Å². The molecule has 0 saturated carbocycles. The van der Waals surface area contributed by atoms with Gasteiger partial charge in [-0.05, 0) is 42.5 Å². The summed E-state index contributed by atoms with van der Waals surface area (Å²) in [6.45, 7) is 0. The fraction of sp³-hybridized carbons (Fsp3) is 0. The first-order valence-corrected chi connectivity index (χ1v) is 8.13. The van der Waals surface area contributed by atoms with E-state index >= 15 is 0 Å². The van der Waals surface area contributed by atoms with Gasteiger partial charge >= 0.3 is 5.88 Å². The molecule has 0 spiro atoms. The smallest absolute Gasteiger partial charge is 0.401 e. The highest BCUT2D eigenvalue weighted by atomic mass is 16.6. The SMILES string of the molecule is O=c1c2ccccc2nc(/C=C/c2ccc([N+](=O)[O-])o2)n1-c1ccccc1. The van der Waals surface area contributed by atoms with Crippen molar-refractivity contribution in [3.63, 3.8) is 0 Å². The Hall–Kier alpha value is -4.00. The van der Waals surface area contributed by atoms with Crippen molar-refractivity contribution in [3.8, 4) is 5.69 Å². The largest absolute Gasteiger partial charge is 0.433 e. The molecule has 0 fully saturated rings. The van der Waals surface area contributed by atoms with Crippen molar-refractivity contribution in [2.45, 2.75) is 0 Å². The number of furan rings is 1. The Kier molecular flexibility index (Phi) is 4.10. The molecule has 0 saturated heterocycles. The van der Waals surface area contributed by atoms with Crippen LogP contribution in [0.1, 0.15) is 11.6 Å². The first-order chi connectivity index (χ1) is 13.1. The van der Waals surface area contributed by atoms with Crippen molar-refractivity contribution in [1.82, 2.24) is 9.55 Å². The summed E-state index contributed by atoms with van der Waals surface area (Å²) in [4.78, 5) is 27.7.